The molecule has 7 heteroatoms. The van der Waals surface area contributed by atoms with Crippen LogP contribution in [0.2, 0.25) is 0 Å². The zero-order valence-electron chi connectivity index (χ0n) is 19.8. The predicted molar refractivity (Wildman–Crippen MR) is 130 cm³/mol. The lowest BCUT2D eigenvalue weighted by molar-refractivity contribution is -0.166. The Bertz CT molecular complexity index is 1140. The van der Waals surface area contributed by atoms with Crippen LogP contribution >= 0.6 is 11.3 Å². The average Bonchev–Trinajstić information content (AvgIpc) is 3.14. The molecule has 3 aromatic rings. The van der Waals surface area contributed by atoms with E-state index in [0.717, 1.165) is 57.2 Å². The first kappa shape index (κ1) is 23.4. The highest BCUT2D eigenvalue weighted by atomic mass is 32.1. The van der Waals surface area contributed by atoms with Gasteiger partial charge in [0.25, 0.3) is 0 Å². The zero-order valence-corrected chi connectivity index (χ0v) is 20.6. The van der Waals surface area contributed by atoms with Crippen molar-refractivity contribution in [3.63, 3.8) is 0 Å². The highest BCUT2D eigenvalue weighted by molar-refractivity contribution is 7.16. The quantitative estimate of drug-likeness (QED) is 0.420. The molecule has 0 saturated heterocycles. The van der Waals surface area contributed by atoms with Crippen molar-refractivity contribution in [3.05, 3.63) is 52.9 Å². The molecular formula is C26H30N2O4S. The van der Waals surface area contributed by atoms with E-state index in [1.54, 1.807) is 23.7 Å². The summed E-state index contributed by atoms with van der Waals surface area (Å²) in [4.78, 5) is 23.6. The number of esters is 1. The van der Waals surface area contributed by atoms with Gasteiger partial charge in [0, 0.05) is 38.8 Å². The summed E-state index contributed by atoms with van der Waals surface area (Å²) in [7, 11) is 0. The first-order valence-electron chi connectivity index (χ1n) is 11.3. The third kappa shape index (κ3) is 5.09. The van der Waals surface area contributed by atoms with Crippen LogP contribution in [0.25, 0.3) is 21.6 Å². The summed E-state index contributed by atoms with van der Waals surface area (Å²) in [6.45, 7) is 10.7. The third-order valence-electron chi connectivity index (χ3n) is 5.39. The summed E-state index contributed by atoms with van der Waals surface area (Å²) >= 11 is 1.62. The second kappa shape index (κ2) is 9.61. The van der Waals surface area contributed by atoms with Crippen LogP contribution in [0.15, 0.2) is 36.9 Å². The SMILES string of the molecule is CCOC(=O)C(OC(C)(C)C)c1c(C)sc(-c2cncnc2)c1-c1ccc2c(c1)CCCO2. The highest BCUT2D eigenvalue weighted by Crippen LogP contribution is 2.48. The number of nitrogens with zero attached hydrogens (tertiary/aromatic N) is 2. The summed E-state index contributed by atoms with van der Waals surface area (Å²) in [5.41, 5.74) is 4.35. The topological polar surface area (TPSA) is 70.5 Å². The lowest BCUT2D eigenvalue weighted by atomic mass is 9.92. The molecule has 1 aromatic carbocycles. The zero-order chi connectivity index (χ0) is 23.6. The summed E-state index contributed by atoms with van der Waals surface area (Å²) in [6.07, 6.45) is 6.23. The number of hydrogen-bond donors (Lipinski definition) is 0. The lowest BCUT2D eigenvalue weighted by Crippen LogP contribution is -2.29. The number of rotatable bonds is 6. The van der Waals surface area contributed by atoms with Crippen LogP contribution in [0.4, 0.5) is 0 Å². The molecule has 174 valence electrons. The van der Waals surface area contributed by atoms with Crippen molar-refractivity contribution in [2.75, 3.05) is 13.2 Å². The molecule has 33 heavy (non-hydrogen) atoms. The lowest BCUT2D eigenvalue weighted by Gasteiger charge is -2.27. The van der Waals surface area contributed by atoms with Crippen molar-refractivity contribution >= 4 is 17.3 Å². The van der Waals surface area contributed by atoms with Crippen LogP contribution in [0.3, 0.4) is 0 Å². The van der Waals surface area contributed by atoms with E-state index >= 15 is 0 Å². The minimum atomic E-state index is -0.845. The van der Waals surface area contributed by atoms with Gasteiger partial charge in [-0.1, -0.05) is 6.07 Å². The normalized spacial score (nSPS) is 14.3. The van der Waals surface area contributed by atoms with Crippen molar-refractivity contribution in [2.45, 2.75) is 59.2 Å². The Morgan fingerprint density at radius 3 is 2.67 bits per heavy atom. The number of aryl methyl sites for hydroxylation is 2. The van der Waals surface area contributed by atoms with Gasteiger partial charge in [0.2, 0.25) is 0 Å². The number of hydrogen-bond acceptors (Lipinski definition) is 7. The molecule has 1 aliphatic rings. The van der Waals surface area contributed by atoms with Crippen LogP contribution in [0.1, 0.15) is 56.2 Å². The van der Waals surface area contributed by atoms with E-state index < -0.39 is 11.7 Å². The maximum atomic E-state index is 13.1. The maximum Gasteiger partial charge on any atom is 0.340 e. The van der Waals surface area contributed by atoms with Crippen LogP contribution in [0, 0.1) is 6.92 Å². The summed E-state index contributed by atoms with van der Waals surface area (Å²) in [5.74, 6) is 0.544. The van der Waals surface area contributed by atoms with E-state index in [2.05, 4.69) is 22.1 Å². The standard InChI is InChI=1S/C26H30N2O4S/c1-6-30-25(29)23(32-26(3,4)5)21-16(2)33-24(19-13-27-15-28-14-19)22(21)18-9-10-20-17(12-18)8-7-11-31-20/h9-10,12-15,23H,6-8,11H2,1-5H3. The molecule has 6 nitrogen and oxygen atoms in total. The van der Waals surface area contributed by atoms with Crippen LogP contribution < -0.4 is 4.74 Å². The van der Waals surface area contributed by atoms with E-state index in [9.17, 15) is 4.79 Å². The van der Waals surface area contributed by atoms with Gasteiger partial charge in [0.1, 0.15) is 12.1 Å². The molecule has 0 radical (unpaired) electrons. The van der Waals surface area contributed by atoms with E-state index in [1.165, 1.54) is 11.9 Å². The van der Waals surface area contributed by atoms with E-state index in [0.29, 0.717) is 0 Å². The Morgan fingerprint density at radius 2 is 1.97 bits per heavy atom. The average molecular weight is 467 g/mol. The Morgan fingerprint density at radius 1 is 1.21 bits per heavy atom. The number of thiophene rings is 1. The summed E-state index contributed by atoms with van der Waals surface area (Å²) in [6, 6.07) is 6.25. The Hall–Kier alpha value is -2.77. The second-order valence-corrected chi connectivity index (χ2v) is 10.3. The number of ether oxygens (including phenoxy) is 3. The fourth-order valence-electron chi connectivity index (χ4n) is 4.09. The first-order chi connectivity index (χ1) is 15.8. The molecule has 0 aliphatic carbocycles. The van der Waals surface area contributed by atoms with Crippen LogP contribution in [0.5, 0.6) is 5.75 Å². The van der Waals surface area contributed by atoms with Gasteiger partial charge >= 0.3 is 5.97 Å². The second-order valence-electron chi connectivity index (χ2n) is 9.04. The third-order valence-corrected chi connectivity index (χ3v) is 6.56. The Balaban J connectivity index is 1.95. The summed E-state index contributed by atoms with van der Waals surface area (Å²) in [5, 5.41) is 0. The first-order valence-corrected chi connectivity index (χ1v) is 12.1. The van der Waals surface area contributed by atoms with Gasteiger partial charge in [-0.3, -0.25) is 0 Å². The van der Waals surface area contributed by atoms with Gasteiger partial charge in [-0.2, -0.15) is 0 Å². The van der Waals surface area contributed by atoms with E-state index in [1.807, 2.05) is 40.7 Å². The van der Waals surface area contributed by atoms with Gasteiger partial charge in [-0.05, 0) is 70.7 Å². The number of benzene rings is 1. The molecule has 0 N–H and O–H groups in total. The van der Waals surface area contributed by atoms with Crippen molar-refractivity contribution in [1.82, 2.24) is 9.97 Å². The maximum absolute atomic E-state index is 13.1. The fraction of sp³-hybridized carbons (Fsp3) is 0.423. The van der Waals surface area contributed by atoms with Gasteiger partial charge in [0.05, 0.1) is 18.8 Å². The Labute approximate surface area is 199 Å². The van der Waals surface area contributed by atoms with Crippen molar-refractivity contribution in [3.8, 4) is 27.3 Å². The molecule has 1 unspecified atom stereocenters. The molecule has 0 fully saturated rings. The highest BCUT2D eigenvalue weighted by Gasteiger charge is 2.35. The molecule has 0 spiro atoms. The van der Waals surface area contributed by atoms with Crippen LogP contribution in [-0.4, -0.2) is 34.8 Å². The molecule has 2 aromatic heterocycles. The number of carbonyl (C=O) groups excluding carboxylic acids is 1. The molecule has 4 rings (SSSR count). The summed E-state index contributed by atoms with van der Waals surface area (Å²) < 4.78 is 17.6. The van der Waals surface area contributed by atoms with Gasteiger partial charge in [-0.25, -0.2) is 14.8 Å². The van der Waals surface area contributed by atoms with E-state index in [4.69, 9.17) is 14.2 Å². The van der Waals surface area contributed by atoms with Gasteiger partial charge in [0.15, 0.2) is 6.10 Å². The van der Waals surface area contributed by atoms with Gasteiger partial charge in [-0.15, -0.1) is 11.3 Å². The minimum absolute atomic E-state index is 0.289. The number of aromatic nitrogens is 2. The molecule has 1 aliphatic heterocycles. The van der Waals surface area contributed by atoms with E-state index in [-0.39, 0.29) is 12.6 Å². The molecule has 0 amide bonds. The number of carbonyl (C=O) groups is 1. The fourth-order valence-corrected chi connectivity index (χ4v) is 5.27. The smallest absolute Gasteiger partial charge is 0.340 e. The van der Waals surface area contributed by atoms with Crippen molar-refractivity contribution in [2.24, 2.45) is 0 Å². The Kier molecular flexibility index (Phi) is 6.81. The largest absolute Gasteiger partial charge is 0.493 e. The molecular weight excluding hydrogens is 436 g/mol. The molecule has 1 atom stereocenters. The number of fused-ring (bicyclic) bond motifs is 1. The van der Waals surface area contributed by atoms with Crippen molar-refractivity contribution < 1.29 is 19.0 Å². The van der Waals surface area contributed by atoms with Crippen LogP contribution in [-0.2, 0) is 20.7 Å². The van der Waals surface area contributed by atoms with Gasteiger partial charge < -0.3 is 14.2 Å². The monoisotopic (exact) mass is 466 g/mol. The van der Waals surface area contributed by atoms with Crippen molar-refractivity contribution in [1.29, 1.82) is 0 Å². The molecule has 0 saturated carbocycles. The minimum Gasteiger partial charge on any atom is -0.493 e. The predicted octanol–water partition coefficient (Wildman–Crippen LogP) is 5.92. The molecule has 3 heterocycles. The molecule has 0 bridgehead atoms.